The van der Waals surface area contributed by atoms with Gasteiger partial charge in [0.15, 0.2) is 0 Å². The van der Waals surface area contributed by atoms with Gasteiger partial charge in [0.25, 0.3) is 0 Å². The maximum Gasteiger partial charge on any atom is 0.119 e. The number of piperidine rings is 1. The lowest BCUT2D eigenvalue weighted by Gasteiger charge is -2.39. The van der Waals surface area contributed by atoms with Gasteiger partial charge in [-0.25, -0.2) is 0 Å². The van der Waals surface area contributed by atoms with E-state index in [4.69, 9.17) is 4.74 Å². The fraction of sp³-hybridized carbons (Fsp3) is 0.565. The standard InChI is InChI=1S/C23H34N2O2S.2ClH/c1-19(2)27-21-8-6-20(7-9-21)24(3)15-11-23(26)12-16-25(17-13-23)14-10-22-5-4-18-28-22;;/h4-9,18-19,26H,10-17H2,1-3H3;2*1H. The van der Waals surface area contributed by atoms with Crippen molar-refractivity contribution in [2.24, 2.45) is 0 Å². The molecule has 1 saturated heterocycles. The molecule has 30 heavy (non-hydrogen) atoms. The number of halogens is 2. The number of anilines is 1. The van der Waals surface area contributed by atoms with Gasteiger partial charge in [-0.1, -0.05) is 6.07 Å². The van der Waals surface area contributed by atoms with E-state index < -0.39 is 5.60 Å². The molecular formula is C23H36Cl2N2O2S. The van der Waals surface area contributed by atoms with Crippen LogP contribution in [-0.4, -0.2) is 54.9 Å². The summed E-state index contributed by atoms with van der Waals surface area (Å²) >= 11 is 1.83. The second kappa shape index (κ2) is 12.8. The highest BCUT2D eigenvalue weighted by molar-refractivity contribution is 7.09. The van der Waals surface area contributed by atoms with Crippen molar-refractivity contribution in [1.29, 1.82) is 0 Å². The molecule has 1 aromatic carbocycles. The fourth-order valence-corrected chi connectivity index (χ4v) is 4.42. The maximum atomic E-state index is 11.0. The van der Waals surface area contributed by atoms with E-state index in [0.717, 1.165) is 63.3 Å². The molecule has 4 nitrogen and oxygen atoms in total. The summed E-state index contributed by atoms with van der Waals surface area (Å²) in [6.07, 6.45) is 3.86. The Morgan fingerprint density at radius 1 is 1.13 bits per heavy atom. The van der Waals surface area contributed by atoms with Gasteiger partial charge in [-0.15, -0.1) is 36.2 Å². The van der Waals surface area contributed by atoms with Crippen LogP contribution in [0.5, 0.6) is 5.75 Å². The van der Waals surface area contributed by atoms with E-state index in [1.807, 2.05) is 37.3 Å². The van der Waals surface area contributed by atoms with Crippen molar-refractivity contribution in [1.82, 2.24) is 4.90 Å². The number of ether oxygens (including phenoxy) is 1. The molecule has 0 amide bonds. The van der Waals surface area contributed by atoms with Gasteiger partial charge in [0.1, 0.15) is 5.75 Å². The first-order chi connectivity index (χ1) is 13.4. The second-order valence-corrected chi connectivity index (χ2v) is 9.26. The van der Waals surface area contributed by atoms with Crippen LogP contribution in [-0.2, 0) is 6.42 Å². The molecule has 0 radical (unpaired) electrons. The molecule has 0 saturated carbocycles. The lowest BCUT2D eigenvalue weighted by atomic mass is 9.88. The molecular weight excluding hydrogens is 439 g/mol. The Balaban J connectivity index is 0.00000225. The second-order valence-electron chi connectivity index (χ2n) is 8.23. The number of thiophene rings is 1. The summed E-state index contributed by atoms with van der Waals surface area (Å²) in [7, 11) is 2.10. The van der Waals surface area contributed by atoms with E-state index in [1.165, 1.54) is 4.88 Å². The molecule has 2 aromatic rings. The molecule has 0 atom stereocenters. The molecule has 0 aliphatic carbocycles. The summed E-state index contributed by atoms with van der Waals surface area (Å²) in [6, 6.07) is 12.6. The molecule has 0 bridgehead atoms. The van der Waals surface area contributed by atoms with Crippen molar-refractivity contribution in [3.05, 3.63) is 46.7 Å². The molecule has 7 heteroatoms. The van der Waals surface area contributed by atoms with Gasteiger partial charge in [0.05, 0.1) is 11.7 Å². The molecule has 2 heterocycles. The normalized spacial score (nSPS) is 15.9. The SMILES string of the molecule is CC(C)Oc1ccc(N(C)CCC2(O)CCN(CCc3cccs3)CC2)cc1.Cl.Cl. The molecule has 1 aromatic heterocycles. The average molecular weight is 476 g/mol. The zero-order chi connectivity index (χ0) is 20.0. The number of rotatable bonds is 9. The highest BCUT2D eigenvalue weighted by Crippen LogP contribution is 2.27. The Morgan fingerprint density at radius 2 is 1.80 bits per heavy atom. The summed E-state index contributed by atoms with van der Waals surface area (Å²) in [5.74, 6) is 0.903. The van der Waals surface area contributed by atoms with Crippen molar-refractivity contribution in [3.63, 3.8) is 0 Å². The van der Waals surface area contributed by atoms with Crippen molar-refractivity contribution in [2.45, 2.75) is 51.2 Å². The first kappa shape index (κ1) is 27.1. The van der Waals surface area contributed by atoms with Crippen LogP contribution in [0.4, 0.5) is 5.69 Å². The van der Waals surface area contributed by atoms with Crippen molar-refractivity contribution < 1.29 is 9.84 Å². The quantitative estimate of drug-likeness (QED) is 0.536. The van der Waals surface area contributed by atoms with E-state index in [1.54, 1.807) is 0 Å². The first-order valence-corrected chi connectivity index (χ1v) is 11.3. The lowest BCUT2D eigenvalue weighted by Crippen LogP contribution is -2.46. The zero-order valence-corrected chi connectivity index (χ0v) is 20.7. The minimum atomic E-state index is -0.533. The molecule has 1 fully saturated rings. The van der Waals surface area contributed by atoms with Crippen LogP contribution in [0.15, 0.2) is 41.8 Å². The van der Waals surface area contributed by atoms with Crippen LogP contribution in [0.2, 0.25) is 0 Å². The number of benzene rings is 1. The Labute approximate surface area is 198 Å². The Bertz CT molecular complexity index is 703. The third-order valence-corrected chi connectivity index (χ3v) is 6.54. The van der Waals surface area contributed by atoms with Gasteiger partial charge in [-0.3, -0.25) is 0 Å². The van der Waals surface area contributed by atoms with Gasteiger partial charge in [0, 0.05) is 43.8 Å². The van der Waals surface area contributed by atoms with Gasteiger partial charge >= 0.3 is 0 Å². The Hall–Kier alpha value is -0.980. The molecule has 1 aliphatic heterocycles. The number of likely N-dealkylation sites (tertiary alicyclic amines) is 1. The first-order valence-electron chi connectivity index (χ1n) is 10.4. The average Bonchev–Trinajstić information content (AvgIpc) is 3.20. The van der Waals surface area contributed by atoms with Crippen molar-refractivity contribution in [2.75, 3.05) is 38.1 Å². The predicted molar refractivity (Wildman–Crippen MR) is 133 cm³/mol. The van der Waals surface area contributed by atoms with E-state index in [9.17, 15) is 5.11 Å². The number of aliphatic hydroxyl groups is 1. The van der Waals surface area contributed by atoms with E-state index in [0.29, 0.717) is 0 Å². The smallest absolute Gasteiger partial charge is 0.119 e. The van der Waals surface area contributed by atoms with Gasteiger partial charge in [-0.2, -0.15) is 0 Å². The third-order valence-electron chi connectivity index (χ3n) is 5.60. The fourth-order valence-electron chi connectivity index (χ4n) is 3.72. The highest BCUT2D eigenvalue weighted by atomic mass is 35.5. The molecule has 0 spiro atoms. The van der Waals surface area contributed by atoms with Crippen molar-refractivity contribution >= 4 is 41.8 Å². The number of nitrogens with zero attached hydrogens (tertiary/aromatic N) is 2. The van der Waals surface area contributed by atoms with Crippen molar-refractivity contribution in [3.8, 4) is 5.75 Å². The highest BCUT2D eigenvalue weighted by Gasteiger charge is 2.32. The summed E-state index contributed by atoms with van der Waals surface area (Å²) in [4.78, 5) is 6.17. The maximum absolute atomic E-state index is 11.0. The molecule has 1 N–H and O–H groups in total. The van der Waals surface area contributed by atoms with Crippen LogP contribution < -0.4 is 9.64 Å². The number of hydrogen-bond acceptors (Lipinski definition) is 5. The Kier molecular flexibility index (Phi) is 11.5. The van der Waals surface area contributed by atoms with E-state index in [-0.39, 0.29) is 30.9 Å². The zero-order valence-electron chi connectivity index (χ0n) is 18.3. The molecule has 0 unspecified atom stereocenters. The molecule has 3 rings (SSSR count). The van der Waals surface area contributed by atoms with Crippen LogP contribution >= 0.6 is 36.2 Å². The van der Waals surface area contributed by atoms with E-state index in [2.05, 4.69) is 46.5 Å². The largest absolute Gasteiger partial charge is 0.491 e. The van der Waals surface area contributed by atoms with Gasteiger partial charge in [0.2, 0.25) is 0 Å². The minimum absolute atomic E-state index is 0. The van der Waals surface area contributed by atoms with Crippen LogP contribution in [0.1, 0.15) is 38.0 Å². The minimum Gasteiger partial charge on any atom is -0.491 e. The predicted octanol–water partition coefficient (Wildman–Crippen LogP) is 5.27. The lowest BCUT2D eigenvalue weighted by molar-refractivity contribution is -0.0254. The van der Waals surface area contributed by atoms with Crippen LogP contribution in [0.25, 0.3) is 0 Å². The summed E-state index contributed by atoms with van der Waals surface area (Å²) < 4.78 is 5.71. The third kappa shape index (κ3) is 8.27. The molecule has 170 valence electrons. The molecule has 1 aliphatic rings. The summed E-state index contributed by atoms with van der Waals surface area (Å²) in [6.45, 7) is 8.01. The number of hydrogen-bond donors (Lipinski definition) is 1. The van der Waals surface area contributed by atoms with E-state index >= 15 is 0 Å². The topological polar surface area (TPSA) is 35.9 Å². The van der Waals surface area contributed by atoms with Crippen LogP contribution in [0, 0.1) is 0 Å². The summed E-state index contributed by atoms with van der Waals surface area (Å²) in [5.41, 5.74) is 0.627. The van der Waals surface area contributed by atoms with Gasteiger partial charge in [-0.05, 0) is 75.2 Å². The van der Waals surface area contributed by atoms with Crippen LogP contribution in [0.3, 0.4) is 0 Å². The Morgan fingerprint density at radius 3 is 2.37 bits per heavy atom. The van der Waals surface area contributed by atoms with Gasteiger partial charge < -0.3 is 19.6 Å². The summed E-state index contributed by atoms with van der Waals surface area (Å²) in [5, 5.41) is 13.2. The monoisotopic (exact) mass is 474 g/mol.